The summed E-state index contributed by atoms with van der Waals surface area (Å²) in [5, 5.41) is 2.90. The molecule has 1 saturated heterocycles. The van der Waals surface area contributed by atoms with Crippen LogP contribution in [0.5, 0.6) is 0 Å². The first-order chi connectivity index (χ1) is 14.2. The van der Waals surface area contributed by atoms with Gasteiger partial charge in [0.2, 0.25) is 0 Å². The predicted molar refractivity (Wildman–Crippen MR) is 115 cm³/mol. The Balaban J connectivity index is 1.57. The molecule has 0 aliphatic carbocycles. The van der Waals surface area contributed by atoms with Crippen molar-refractivity contribution in [3.8, 4) is 0 Å². The van der Waals surface area contributed by atoms with Gasteiger partial charge in [-0.3, -0.25) is 4.79 Å². The Labute approximate surface area is 175 Å². The van der Waals surface area contributed by atoms with Crippen LogP contribution in [0.15, 0.2) is 48.7 Å². The summed E-state index contributed by atoms with van der Waals surface area (Å²) >= 11 is 5.94. The molecule has 0 N–H and O–H groups in total. The molecule has 2 aromatic carbocycles. The number of halogens is 1. The van der Waals surface area contributed by atoms with E-state index in [-0.39, 0.29) is 5.91 Å². The van der Waals surface area contributed by atoms with Gasteiger partial charge in [0.05, 0.1) is 0 Å². The van der Waals surface area contributed by atoms with Crippen molar-refractivity contribution in [1.82, 2.24) is 9.88 Å². The third kappa shape index (κ3) is 3.52. The third-order valence-corrected chi connectivity index (χ3v) is 6.37. The minimum atomic E-state index is 0.166. The number of amides is 1. The second kappa shape index (κ2) is 7.77. The van der Waals surface area contributed by atoms with E-state index in [0.29, 0.717) is 11.2 Å². The Morgan fingerprint density at radius 3 is 2.66 bits per heavy atom. The summed E-state index contributed by atoms with van der Waals surface area (Å²) in [5.41, 5.74) is 4.29. The first-order valence-electron chi connectivity index (χ1n) is 10.2. The topological polar surface area (TPSA) is 42.4 Å². The minimum Gasteiger partial charge on any atom is -0.381 e. The average Bonchev–Trinajstić information content (AvgIpc) is 2.77. The highest BCUT2D eigenvalue weighted by molar-refractivity contribution is 6.29. The number of fused-ring (bicyclic) bond motifs is 3. The van der Waals surface area contributed by atoms with Gasteiger partial charge in [0, 0.05) is 37.6 Å². The van der Waals surface area contributed by atoms with E-state index >= 15 is 0 Å². The molecule has 3 aromatic rings. The molecular weight excluding hydrogens is 384 g/mol. The van der Waals surface area contributed by atoms with E-state index in [4.69, 9.17) is 16.3 Å². The molecule has 5 heteroatoms. The SMILES string of the molecule is O=C1c2cc(Cc3ccc(Cl)nc3)c3ccccc3c2CCN1C1CCOCC1. The number of benzene rings is 2. The fourth-order valence-electron chi connectivity index (χ4n) is 4.68. The number of hydrogen-bond donors (Lipinski definition) is 0. The summed E-state index contributed by atoms with van der Waals surface area (Å²) in [6, 6.07) is 14.6. The lowest BCUT2D eigenvalue weighted by molar-refractivity contribution is 0.0277. The minimum absolute atomic E-state index is 0.166. The molecule has 29 heavy (non-hydrogen) atoms. The first kappa shape index (κ1) is 18.6. The molecule has 0 spiro atoms. The number of ether oxygens (including phenoxy) is 1. The van der Waals surface area contributed by atoms with Crippen molar-refractivity contribution < 1.29 is 9.53 Å². The van der Waals surface area contributed by atoms with Crippen molar-refractivity contribution in [3.63, 3.8) is 0 Å². The van der Waals surface area contributed by atoms with E-state index in [2.05, 4.69) is 40.2 Å². The number of rotatable bonds is 3. The number of carbonyl (C=O) groups excluding carboxylic acids is 1. The normalized spacial score (nSPS) is 17.6. The summed E-state index contributed by atoms with van der Waals surface area (Å²) in [6.07, 6.45) is 5.30. The highest BCUT2D eigenvalue weighted by atomic mass is 35.5. The first-order valence-corrected chi connectivity index (χ1v) is 10.6. The summed E-state index contributed by atoms with van der Waals surface area (Å²) in [5.74, 6) is 0.166. The van der Waals surface area contributed by atoms with Crippen LogP contribution in [-0.2, 0) is 17.6 Å². The van der Waals surface area contributed by atoms with Gasteiger partial charge in [-0.2, -0.15) is 0 Å². The van der Waals surface area contributed by atoms with Crippen LogP contribution in [0.4, 0.5) is 0 Å². The fourth-order valence-corrected chi connectivity index (χ4v) is 4.79. The molecular formula is C24H23ClN2O2. The lowest BCUT2D eigenvalue weighted by atomic mass is 9.87. The van der Waals surface area contributed by atoms with Crippen molar-refractivity contribution in [2.75, 3.05) is 19.8 Å². The largest absolute Gasteiger partial charge is 0.381 e. The lowest BCUT2D eigenvalue weighted by Gasteiger charge is -2.38. The molecule has 2 aliphatic rings. The van der Waals surface area contributed by atoms with E-state index in [1.807, 2.05) is 18.3 Å². The number of pyridine rings is 1. The molecule has 4 nitrogen and oxygen atoms in total. The molecule has 0 radical (unpaired) electrons. The van der Waals surface area contributed by atoms with Gasteiger partial charge in [0.1, 0.15) is 5.15 Å². The molecule has 3 heterocycles. The van der Waals surface area contributed by atoms with Gasteiger partial charge in [-0.05, 0) is 65.3 Å². The zero-order valence-electron chi connectivity index (χ0n) is 16.2. The summed E-state index contributed by atoms with van der Waals surface area (Å²) in [6.45, 7) is 2.28. The van der Waals surface area contributed by atoms with E-state index in [0.717, 1.165) is 62.1 Å². The van der Waals surface area contributed by atoms with E-state index in [1.54, 1.807) is 0 Å². The Morgan fingerprint density at radius 2 is 1.90 bits per heavy atom. The molecule has 0 bridgehead atoms. The summed E-state index contributed by atoms with van der Waals surface area (Å²) in [4.78, 5) is 19.8. The lowest BCUT2D eigenvalue weighted by Crippen LogP contribution is -2.47. The fraction of sp³-hybridized carbons (Fsp3) is 0.333. The van der Waals surface area contributed by atoms with Gasteiger partial charge < -0.3 is 9.64 Å². The monoisotopic (exact) mass is 406 g/mol. The van der Waals surface area contributed by atoms with Crippen LogP contribution in [0.1, 0.15) is 39.9 Å². The predicted octanol–water partition coefficient (Wildman–Crippen LogP) is 4.66. The average molecular weight is 407 g/mol. The van der Waals surface area contributed by atoms with Crippen molar-refractivity contribution in [3.05, 3.63) is 76.1 Å². The zero-order valence-corrected chi connectivity index (χ0v) is 17.0. The zero-order chi connectivity index (χ0) is 19.8. The van der Waals surface area contributed by atoms with E-state index in [9.17, 15) is 4.79 Å². The van der Waals surface area contributed by atoms with Crippen molar-refractivity contribution in [1.29, 1.82) is 0 Å². The molecule has 1 fully saturated rings. The Morgan fingerprint density at radius 1 is 1.10 bits per heavy atom. The standard InChI is InChI=1S/C24H23ClN2O2/c25-23-6-5-16(15-26-23)13-17-14-22-21(20-4-2-1-3-19(17)20)7-10-27(24(22)28)18-8-11-29-12-9-18/h1-6,14-15,18H,7-13H2. The van der Waals surface area contributed by atoms with Gasteiger partial charge in [0.15, 0.2) is 0 Å². The van der Waals surface area contributed by atoms with Crippen LogP contribution >= 0.6 is 11.6 Å². The van der Waals surface area contributed by atoms with Gasteiger partial charge in [-0.15, -0.1) is 0 Å². The molecule has 0 saturated carbocycles. The van der Waals surface area contributed by atoms with E-state index < -0.39 is 0 Å². The number of nitrogens with zero attached hydrogens (tertiary/aromatic N) is 2. The molecule has 0 unspecified atom stereocenters. The molecule has 2 aliphatic heterocycles. The van der Waals surface area contributed by atoms with Gasteiger partial charge >= 0.3 is 0 Å². The van der Waals surface area contributed by atoms with Crippen LogP contribution in [0.25, 0.3) is 10.8 Å². The smallest absolute Gasteiger partial charge is 0.254 e. The molecule has 0 atom stereocenters. The second-order valence-electron chi connectivity index (χ2n) is 7.87. The summed E-state index contributed by atoms with van der Waals surface area (Å²) < 4.78 is 5.49. The number of aromatic nitrogens is 1. The van der Waals surface area contributed by atoms with Crippen LogP contribution < -0.4 is 0 Å². The maximum atomic E-state index is 13.5. The van der Waals surface area contributed by atoms with Crippen molar-refractivity contribution in [2.45, 2.75) is 31.7 Å². The maximum absolute atomic E-state index is 13.5. The van der Waals surface area contributed by atoms with Crippen LogP contribution in [-0.4, -0.2) is 41.6 Å². The van der Waals surface area contributed by atoms with Crippen LogP contribution in [0.2, 0.25) is 5.15 Å². The van der Waals surface area contributed by atoms with Crippen LogP contribution in [0.3, 0.4) is 0 Å². The van der Waals surface area contributed by atoms with Crippen LogP contribution in [0, 0.1) is 0 Å². The highest BCUT2D eigenvalue weighted by Crippen LogP contribution is 2.33. The van der Waals surface area contributed by atoms with Crippen molar-refractivity contribution >= 4 is 28.3 Å². The van der Waals surface area contributed by atoms with E-state index in [1.165, 1.54) is 16.3 Å². The van der Waals surface area contributed by atoms with Crippen molar-refractivity contribution in [2.24, 2.45) is 0 Å². The number of hydrogen-bond acceptors (Lipinski definition) is 3. The molecule has 1 aromatic heterocycles. The Bertz CT molecular complexity index is 1060. The maximum Gasteiger partial charge on any atom is 0.254 e. The Kier molecular flexibility index (Phi) is 4.98. The molecule has 1 amide bonds. The molecule has 5 rings (SSSR count). The summed E-state index contributed by atoms with van der Waals surface area (Å²) in [7, 11) is 0. The quantitative estimate of drug-likeness (QED) is 0.594. The third-order valence-electron chi connectivity index (χ3n) is 6.15. The molecule has 148 valence electrons. The number of carbonyl (C=O) groups is 1. The van der Waals surface area contributed by atoms with Gasteiger partial charge in [-0.25, -0.2) is 4.98 Å². The Hall–Kier alpha value is -2.43. The van der Waals surface area contributed by atoms with Gasteiger partial charge in [0.25, 0.3) is 5.91 Å². The highest BCUT2D eigenvalue weighted by Gasteiger charge is 2.32. The van der Waals surface area contributed by atoms with Gasteiger partial charge in [-0.1, -0.05) is 41.9 Å². The second-order valence-corrected chi connectivity index (χ2v) is 8.25.